The molecule has 0 radical (unpaired) electrons. The largest absolute Gasteiger partial charge is 0.294 e. The summed E-state index contributed by atoms with van der Waals surface area (Å²) in [5.41, 5.74) is 1.77. The van der Waals surface area contributed by atoms with E-state index in [4.69, 9.17) is 0 Å². The summed E-state index contributed by atoms with van der Waals surface area (Å²) in [6, 6.07) is 0. The number of carbonyl (C=O) groups is 1. The Labute approximate surface area is 102 Å². The third-order valence-electron chi connectivity index (χ3n) is 3.91. The minimum absolute atomic E-state index is 0.0465. The monoisotopic (exact) mass is 230 g/mol. The van der Waals surface area contributed by atoms with Gasteiger partial charge in [0.2, 0.25) is 0 Å². The Hall–Kier alpha value is -1.25. The number of rotatable bonds is 1. The van der Waals surface area contributed by atoms with Crippen molar-refractivity contribution in [3.05, 3.63) is 23.3 Å². The van der Waals surface area contributed by atoms with E-state index in [1.165, 1.54) is 6.42 Å². The molecule has 17 heavy (non-hydrogen) atoms. The first-order valence-corrected chi connectivity index (χ1v) is 6.35. The van der Waals surface area contributed by atoms with Gasteiger partial charge in [0.1, 0.15) is 5.82 Å². The van der Waals surface area contributed by atoms with Gasteiger partial charge in [-0.15, -0.1) is 0 Å². The molecule has 0 N–H and O–H groups in total. The molecular formula is C14H18N2O. The summed E-state index contributed by atoms with van der Waals surface area (Å²) in [5.74, 6) is 2.38. The Bertz CT molecular complexity index is 493. The van der Waals surface area contributed by atoms with E-state index in [-0.39, 0.29) is 11.2 Å². The van der Waals surface area contributed by atoms with Gasteiger partial charge in [-0.3, -0.25) is 4.79 Å². The van der Waals surface area contributed by atoms with Crippen molar-refractivity contribution in [2.45, 2.75) is 46.0 Å². The Morgan fingerprint density at radius 2 is 2.06 bits per heavy atom. The Balaban J connectivity index is 1.99. The molecule has 3 rings (SSSR count). The van der Waals surface area contributed by atoms with Crippen molar-refractivity contribution < 1.29 is 4.79 Å². The average Bonchev–Trinajstić information content (AvgIpc) is 2.92. The SMILES string of the molecule is CC1CC1c1ncc2c(n1)CC(C)(C)CC2=O. The van der Waals surface area contributed by atoms with Crippen LogP contribution in [0.5, 0.6) is 0 Å². The van der Waals surface area contributed by atoms with Crippen molar-refractivity contribution in [1.82, 2.24) is 9.97 Å². The minimum Gasteiger partial charge on any atom is -0.294 e. The van der Waals surface area contributed by atoms with E-state index in [9.17, 15) is 4.79 Å². The number of ketones is 1. The highest BCUT2D eigenvalue weighted by atomic mass is 16.1. The number of nitrogens with zero attached hydrogens (tertiary/aromatic N) is 2. The van der Waals surface area contributed by atoms with Gasteiger partial charge in [0.05, 0.1) is 11.3 Å². The normalized spacial score (nSPS) is 29.9. The minimum atomic E-state index is 0.0465. The van der Waals surface area contributed by atoms with Crippen LogP contribution in [0.1, 0.15) is 61.4 Å². The second-order valence-corrected chi connectivity index (χ2v) is 6.35. The number of hydrogen-bond donors (Lipinski definition) is 0. The van der Waals surface area contributed by atoms with Crippen LogP contribution >= 0.6 is 0 Å². The highest BCUT2D eigenvalue weighted by Gasteiger charge is 2.38. The highest BCUT2D eigenvalue weighted by molar-refractivity contribution is 5.98. The summed E-state index contributed by atoms with van der Waals surface area (Å²) >= 11 is 0. The molecule has 0 spiro atoms. The molecule has 1 saturated carbocycles. The van der Waals surface area contributed by atoms with Gasteiger partial charge in [0, 0.05) is 18.5 Å². The average molecular weight is 230 g/mol. The summed E-state index contributed by atoms with van der Waals surface area (Å²) < 4.78 is 0. The van der Waals surface area contributed by atoms with Gasteiger partial charge in [-0.05, 0) is 24.2 Å². The summed E-state index contributed by atoms with van der Waals surface area (Å²) in [7, 11) is 0. The van der Waals surface area contributed by atoms with Crippen molar-refractivity contribution in [2.24, 2.45) is 11.3 Å². The topological polar surface area (TPSA) is 42.9 Å². The first kappa shape index (κ1) is 10.9. The first-order valence-electron chi connectivity index (χ1n) is 6.35. The third kappa shape index (κ3) is 1.88. The zero-order chi connectivity index (χ0) is 12.2. The molecule has 90 valence electrons. The Morgan fingerprint density at radius 1 is 1.35 bits per heavy atom. The molecule has 2 aliphatic carbocycles. The van der Waals surface area contributed by atoms with Crippen molar-refractivity contribution in [3.8, 4) is 0 Å². The molecular weight excluding hydrogens is 212 g/mol. The predicted molar refractivity (Wildman–Crippen MR) is 65.0 cm³/mol. The van der Waals surface area contributed by atoms with E-state index in [1.54, 1.807) is 6.20 Å². The van der Waals surface area contributed by atoms with Crippen LogP contribution in [0.2, 0.25) is 0 Å². The van der Waals surface area contributed by atoms with Gasteiger partial charge in [0.15, 0.2) is 5.78 Å². The van der Waals surface area contributed by atoms with Gasteiger partial charge in [-0.2, -0.15) is 0 Å². The second kappa shape index (κ2) is 3.37. The second-order valence-electron chi connectivity index (χ2n) is 6.35. The fourth-order valence-electron chi connectivity index (χ4n) is 2.71. The van der Waals surface area contributed by atoms with Crippen molar-refractivity contribution in [3.63, 3.8) is 0 Å². The van der Waals surface area contributed by atoms with Crippen molar-refractivity contribution >= 4 is 5.78 Å². The smallest absolute Gasteiger partial charge is 0.166 e. The van der Waals surface area contributed by atoms with Crippen LogP contribution in [-0.2, 0) is 6.42 Å². The van der Waals surface area contributed by atoms with Gasteiger partial charge in [-0.1, -0.05) is 20.8 Å². The molecule has 2 atom stereocenters. The van der Waals surface area contributed by atoms with E-state index in [0.29, 0.717) is 18.3 Å². The maximum absolute atomic E-state index is 12.0. The van der Waals surface area contributed by atoms with Crippen LogP contribution in [0.3, 0.4) is 0 Å². The molecule has 2 unspecified atom stereocenters. The molecule has 1 heterocycles. The summed E-state index contributed by atoms with van der Waals surface area (Å²) in [4.78, 5) is 21.0. The lowest BCUT2D eigenvalue weighted by molar-refractivity contribution is 0.0909. The lowest BCUT2D eigenvalue weighted by Crippen LogP contribution is -2.28. The van der Waals surface area contributed by atoms with Crippen LogP contribution in [0.4, 0.5) is 0 Å². The summed E-state index contributed by atoms with van der Waals surface area (Å²) in [6.07, 6.45) is 4.45. The molecule has 0 aliphatic heterocycles. The van der Waals surface area contributed by atoms with Crippen LogP contribution in [0.25, 0.3) is 0 Å². The number of carbonyl (C=O) groups excluding carboxylic acids is 1. The molecule has 1 aromatic heterocycles. The molecule has 0 aromatic carbocycles. The lowest BCUT2D eigenvalue weighted by Gasteiger charge is -2.29. The molecule has 2 aliphatic rings. The van der Waals surface area contributed by atoms with E-state index in [0.717, 1.165) is 23.5 Å². The van der Waals surface area contributed by atoms with Crippen LogP contribution in [0, 0.1) is 11.3 Å². The number of Topliss-reactive ketones (excluding diaryl/α,β-unsaturated/α-hetero) is 1. The van der Waals surface area contributed by atoms with Crippen LogP contribution in [-0.4, -0.2) is 15.8 Å². The molecule has 0 amide bonds. The highest BCUT2D eigenvalue weighted by Crippen LogP contribution is 2.45. The standard InChI is InChI=1S/C14H18N2O/c1-8-4-9(8)13-15-7-10-11(16-13)5-14(2,3)6-12(10)17/h7-9H,4-6H2,1-3H3. The predicted octanol–water partition coefficient (Wildman–Crippen LogP) is 2.76. The zero-order valence-corrected chi connectivity index (χ0v) is 10.7. The van der Waals surface area contributed by atoms with Crippen molar-refractivity contribution in [1.29, 1.82) is 0 Å². The van der Waals surface area contributed by atoms with E-state index in [1.807, 2.05) is 0 Å². The fraction of sp³-hybridized carbons (Fsp3) is 0.643. The summed E-state index contributed by atoms with van der Waals surface area (Å²) in [6.45, 7) is 6.49. The van der Waals surface area contributed by atoms with E-state index < -0.39 is 0 Å². The quantitative estimate of drug-likeness (QED) is 0.745. The number of hydrogen-bond acceptors (Lipinski definition) is 3. The molecule has 1 fully saturated rings. The van der Waals surface area contributed by atoms with Gasteiger partial charge < -0.3 is 0 Å². The van der Waals surface area contributed by atoms with E-state index >= 15 is 0 Å². The maximum atomic E-state index is 12.0. The van der Waals surface area contributed by atoms with Crippen molar-refractivity contribution in [2.75, 3.05) is 0 Å². The number of aromatic nitrogens is 2. The Kier molecular flexibility index (Phi) is 2.16. The lowest BCUT2D eigenvalue weighted by atomic mass is 9.76. The summed E-state index contributed by atoms with van der Waals surface area (Å²) in [5, 5.41) is 0. The zero-order valence-electron chi connectivity index (χ0n) is 10.7. The molecule has 3 heteroatoms. The molecule has 1 aromatic rings. The van der Waals surface area contributed by atoms with E-state index in [2.05, 4.69) is 30.7 Å². The fourth-order valence-corrected chi connectivity index (χ4v) is 2.71. The first-order chi connectivity index (χ1) is 7.96. The van der Waals surface area contributed by atoms with Gasteiger partial charge >= 0.3 is 0 Å². The van der Waals surface area contributed by atoms with Gasteiger partial charge in [-0.25, -0.2) is 9.97 Å². The molecule has 0 saturated heterocycles. The number of fused-ring (bicyclic) bond motifs is 1. The Morgan fingerprint density at radius 3 is 2.71 bits per heavy atom. The van der Waals surface area contributed by atoms with Crippen LogP contribution < -0.4 is 0 Å². The van der Waals surface area contributed by atoms with Crippen LogP contribution in [0.15, 0.2) is 6.20 Å². The molecule has 3 nitrogen and oxygen atoms in total. The van der Waals surface area contributed by atoms with Gasteiger partial charge in [0.25, 0.3) is 0 Å². The molecule has 0 bridgehead atoms. The maximum Gasteiger partial charge on any atom is 0.166 e. The third-order valence-corrected chi connectivity index (χ3v) is 3.91.